The Morgan fingerprint density at radius 2 is 2.12 bits per heavy atom. The lowest BCUT2D eigenvalue weighted by molar-refractivity contribution is 0.431. The van der Waals surface area contributed by atoms with Crippen molar-refractivity contribution >= 4 is 51.3 Å². The lowest BCUT2D eigenvalue weighted by Gasteiger charge is -2.15. The Bertz CT molecular complexity index is 848. The van der Waals surface area contributed by atoms with E-state index in [2.05, 4.69) is 29.1 Å². The Kier molecular flexibility index (Phi) is 5.66. The molecule has 2 atom stereocenters. The summed E-state index contributed by atoms with van der Waals surface area (Å²) in [5.74, 6) is 1.75. The highest BCUT2D eigenvalue weighted by atomic mass is 35.5. The summed E-state index contributed by atoms with van der Waals surface area (Å²) in [4.78, 5) is 0.758. The van der Waals surface area contributed by atoms with Crippen LogP contribution >= 0.6 is 46.3 Å². The molecule has 2 heterocycles. The van der Waals surface area contributed by atoms with E-state index < -0.39 is 0 Å². The van der Waals surface area contributed by atoms with Gasteiger partial charge in [-0.1, -0.05) is 72.6 Å². The minimum absolute atomic E-state index is 0.171. The monoisotopic (exact) mass is 401 g/mol. The molecule has 0 amide bonds. The lowest BCUT2D eigenvalue weighted by Crippen LogP contribution is -2.21. The van der Waals surface area contributed by atoms with E-state index in [0.717, 1.165) is 21.3 Å². The van der Waals surface area contributed by atoms with Crippen molar-refractivity contribution in [1.82, 2.24) is 19.8 Å². The second-order valence-corrected chi connectivity index (χ2v) is 8.58. The van der Waals surface area contributed by atoms with Crippen molar-refractivity contribution in [3.63, 3.8) is 0 Å². The Hall–Kier alpha value is -0.860. The van der Waals surface area contributed by atoms with E-state index in [9.17, 15) is 0 Å². The minimum Gasteiger partial charge on any atom is -0.321 e. The van der Waals surface area contributed by atoms with Gasteiger partial charge in [-0.25, -0.2) is 0 Å². The van der Waals surface area contributed by atoms with Gasteiger partial charge in [0.1, 0.15) is 0 Å². The van der Waals surface area contributed by atoms with Crippen molar-refractivity contribution in [1.29, 1.82) is 0 Å². The van der Waals surface area contributed by atoms with Gasteiger partial charge in [0, 0.05) is 15.8 Å². The van der Waals surface area contributed by atoms with Crippen LogP contribution < -0.4 is 5.73 Å². The van der Waals surface area contributed by atoms with Crippen LogP contribution in [-0.4, -0.2) is 19.8 Å². The van der Waals surface area contributed by atoms with Crippen LogP contribution in [0.5, 0.6) is 0 Å². The van der Waals surface area contributed by atoms with Gasteiger partial charge in [0.15, 0.2) is 10.2 Å². The summed E-state index contributed by atoms with van der Waals surface area (Å²) in [5.41, 5.74) is 7.29. The predicted octanol–water partition coefficient (Wildman–Crippen LogP) is 4.83. The van der Waals surface area contributed by atoms with E-state index in [4.69, 9.17) is 28.9 Å². The molecule has 3 rings (SSSR count). The maximum absolute atomic E-state index is 6.27. The first-order valence-electron chi connectivity index (χ1n) is 7.54. The van der Waals surface area contributed by atoms with Gasteiger partial charge in [-0.15, -0.1) is 15.3 Å². The molecule has 9 heteroatoms. The van der Waals surface area contributed by atoms with Gasteiger partial charge in [0.05, 0.1) is 6.04 Å². The molecule has 0 unspecified atom stereocenters. The summed E-state index contributed by atoms with van der Waals surface area (Å²) in [6.45, 7) is 4.22. The Labute approximate surface area is 158 Å². The molecule has 5 nitrogen and oxygen atoms in total. The van der Waals surface area contributed by atoms with Crippen molar-refractivity contribution in [2.75, 3.05) is 0 Å². The van der Waals surface area contributed by atoms with E-state index in [0.29, 0.717) is 27.5 Å². The van der Waals surface area contributed by atoms with E-state index in [-0.39, 0.29) is 6.04 Å². The summed E-state index contributed by atoms with van der Waals surface area (Å²) in [7, 11) is 0. The van der Waals surface area contributed by atoms with Gasteiger partial charge in [-0.05, 0) is 23.6 Å². The van der Waals surface area contributed by atoms with Gasteiger partial charge in [-0.3, -0.25) is 0 Å². The summed E-state index contributed by atoms with van der Waals surface area (Å²) in [6.07, 6.45) is 0.983. The zero-order valence-electron chi connectivity index (χ0n) is 13.2. The standard InChI is InChI=1S/C15H17Cl2N5S2/c1-3-8(2)12(18)13-19-20-14-22(13)21-15(24-14)23-7-9-4-5-10(16)6-11(9)17/h4-6,8,12H,3,7,18H2,1-2H3/t8-,12-/m0/s1. The third-order valence-corrected chi connectivity index (χ3v) is 6.59. The number of benzene rings is 1. The largest absolute Gasteiger partial charge is 0.321 e. The minimum atomic E-state index is -0.171. The van der Waals surface area contributed by atoms with Crippen LogP contribution in [0.2, 0.25) is 10.0 Å². The first-order chi connectivity index (χ1) is 11.5. The van der Waals surface area contributed by atoms with Crippen LogP contribution in [0.3, 0.4) is 0 Å². The molecule has 3 aromatic rings. The van der Waals surface area contributed by atoms with E-state index in [1.165, 1.54) is 11.3 Å². The summed E-state index contributed by atoms with van der Waals surface area (Å²) >= 11 is 15.2. The van der Waals surface area contributed by atoms with Crippen LogP contribution in [-0.2, 0) is 5.75 Å². The molecule has 0 aliphatic rings. The van der Waals surface area contributed by atoms with Crippen LogP contribution in [0.1, 0.15) is 37.7 Å². The summed E-state index contributed by atoms with van der Waals surface area (Å²) in [6, 6.07) is 5.35. The number of nitrogens with zero attached hydrogens (tertiary/aromatic N) is 4. The lowest BCUT2D eigenvalue weighted by atomic mass is 10.00. The smallest absolute Gasteiger partial charge is 0.235 e. The maximum Gasteiger partial charge on any atom is 0.235 e. The number of hydrogen-bond donors (Lipinski definition) is 1. The molecule has 0 bridgehead atoms. The normalized spacial score (nSPS) is 14.2. The van der Waals surface area contributed by atoms with Crippen molar-refractivity contribution in [3.05, 3.63) is 39.6 Å². The van der Waals surface area contributed by atoms with Gasteiger partial charge in [-0.2, -0.15) is 4.52 Å². The predicted molar refractivity (Wildman–Crippen MR) is 101 cm³/mol. The van der Waals surface area contributed by atoms with E-state index in [1.54, 1.807) is 22.3 Å². The molecule has 0 radical (unpaired) electrons. The topological polar surface area (TPSA) is 69.1 Å². The molecule has 0 spiro atoms. The summed E-state index contributed by atoms with van der Waals surface area (Å²) < 4.78 is 2.66. The Balaban J connectivity index is 1.78. The fraction of sp³-hybridized carbons (Fsp3) is 0.400. The average molecular weight is 402 g/mol. The second kappa shape index (κ2) is 7.58. The second-order valence-electron chi connectivity index (χ2n) is 5.56. The van der Waals surface area contributed by atoms with Crippen molar-refractivity contribution in [2.45, 2.75) is 36.4 Å². The quantitative estimate of drug-likeness (QED) is 0.598. The number of fused-ring (bicyclic) bond motifs is 1. The molecule has 128 valence electrons. The zero-order chi connectivity index (χ0) is 17.3. The zero-order valence-corrected chi connectivity index (χ0v) is 16.4. The van der Waals surface area contributed by atoms with Crippen LogP contribution in [0.4, 0.5) is 0 Å². The Morgan fingerprint density at radius 3 is 2.83 bits per heavy atom. The molecule has 1 aromatic carbocycles. The van der Waals surface area contributed by atoms with Gasteiger partial charge in [0.2, 0.25) is 4.96 Å². The highest BCUT2D eigenvalue weighted by Crippen LogP contribution is 2.32. The SMILES string of the molecule is CC[C@H](C)[C@H](N)c1nnc2sc(SCc3ccc(Cl)cc3Cl)nn12. The number of nitrogens with two attached hydrogens (primary N) is 1. The summed E-state index contributed by atoms with van der Waals surface area (Å²) in [5, 5.41) is 14.3. The van der Waals surface area contributed by atoms with Crippen LogP contribution in [0.15, 0.2) is 22.5 Å². The van der Waals surface area contributed by atoms with Crippen molar-refractivity contribution < 1.29 is 0 Å². The van der Waals surface area contributed by atoms with Crippen molar-refractivity contribution in [2.24, 2.45) is 11.7 Å². The molecule has 2 N–H and O–H groups in total. The third-order valence-electron chi connectivity index (χ3n) is 3.92. The molecule has 0 saturated carbocycles. The molecule has 0 saturated heterocycles. The number of aromatic nitrogens is 4. The molecule has 0 fully saturated rings. The first-order valence-corrected chi connectivity index (χ1v) is 10.1. The number of thioether (sulfide) groups is 1. The van der Waals surface area contributed by atoms with Crippen LogP contribution in [0, 0.1) is 5.92 Å². The molecular formula is C15H17Cl2N5S2. The average Bonchev–Trinajstić information content (AvgIpc) is 3.12. The van der Waals surface area contributed by atoms with E-state index in [1.807, 2.05) is 12.1 Å². The fourth-order valence-electron chi connectivity index (χ4n) is 2.17. The molecule has 24 heavy (non-hydrogen) atoms. The van der Waals surface area contributed by atoms with Gasteiger partial charge in [0.25, 0.3) is 0 Å². The van der Waals surface area contributed by atoms with Gasteiger partial charge < -0.3 is 5.73 Å². The number of hydrogen-bond acceptors (Lipinski definition) is 6. The molecular weight excluding hydrogens is 385 g/mol. The van der Waals surface area contributed by atoms with Crippen LogP contribution in [0.25, 0.3) is 4.96 Å². The number of rotatable bonds is 6. The Morgan fingerprint density at radius 1 is 1.33 bits per heavy atom. The molecule has 0 aliphatic heterocycles. The molecule has 2 aromatic heterocycles. The fourth-order valence-corrected chi connectivity index (χ4v) is 4.61. The third kappa shape index (κ3) is 3.70. The molecule has 0 aliphatic carbocycles. The highest BCUT2D eigenvalue weighted by molar-refractivity contribution is 8.00. The first kappa shape index (κ1) is 17.9. The van der Waals surface area contributed by atoms with Crippen molar-refractivity contribution in [3.8, 4) is 0 Å². The number of halogens is 2. The van der Waals surface area contributed by atoms with E-state index >= 15 is 0 Å². The highest BCUT2D eigenvalue weighted by Gasteiger charge is 2.21. The maximum atomic E-state index is 6.27. The van der Waals surface area contributed by atoms with Gasteiger partial charge >= 0.3 is 0 Å².